The molecule has 0 radical (unpaired) electrons. The third-order valence-corrected chi connectivity index (χ3v) is 8.54. The Morgan fingerprint density at radius 1 is 1.12 bits per heavy atom. The molecule has 0 saturated heterocycles. The number of carbonyl (C=O) groups is 1. The quantitative estimate of drug-likeness (QED) is 0.444. The van der Waals surface area contributed by atoms with Crippen LogP contribution in [0.1, 0.15) is 65.2 Å². The summed E-state index contributed by atoms with van der Waals surface area (Å²) in [7, 11) is -4.40. The number of Topliss-reactive ketones (excluding diaryl/α,β-unsaturated/α-hetero) is 1. The second kappa shape index (κ2) is 6.96. The molecular weight excluding hydrogens is 363 g/mol. The molecule has 5 nitrogen and oxygen atoms in total. The molecule has 0 aromatic carbocycles. The van der Waals surface area contributed by atoms with E-state index in [0.717, 1.165) is 38.5 Å². The zero-order valence-corrected chi connectivity index (χ0v) is 15.8. The SMILES string of the molecule is C[C@]12CC[C@H](OS(=O)(=O)O)CC1=CC[C@@H]1[C@@H]2CC[C@]2(C)C(=O)CC[C@@H]12.[NaH]. The van der Waals surface area contributed by atoms with Crippen LogP contribution in [0.25, 0.3) is 0 Å². The fraction of sp³-hybridized carbons (Fsp3) is 0.842. The fourth-order valence-electron chi connectivity index (χ4n) is 6.65. The summed E-state index contributed by atoms with van der Waals surface area (Å²) >= 11 is 0. The van der Waals surface area contributed by atoms with Crippen LogP contribution in [0, 0.1) is 28.6 Å². The van der Waals surface area contributed by atoms with Gasteiger partial charge in [-0.05, 0) is 68.1 Å². The van der Waals surface area contributed by atoms with Gasteiger partial charge in [0.05, 0.1) is 6.10 Å². The molecule has 7 heteroatoms. The van der Waals surface area contributed by atoms with Crippen molar-refractivity contribution in [2.75, 3.05) is 0 Å². The van der Waals surface area contributed by atoms with Crippen LogP contribution < -0.4 is 0 Å². The molecule has 0 bridgehead atoms. The predicted molar refractivity (Wildman–Crippen MR) is 100 cm³/mol. The minimum atomic E-state index is -4.40. The molecule has 1 N–H and O–H groups in total. The first-order valence-electron chi connectivity index (χ1n) is 9.52. The monoisotopic (exact) mass is 392 g/mol. The Kier molecular flexibility index (Phi) is 5.62. The van der Waals surface area contributed by atoms with E-state index in [2.05, 4.69) is 19.9 Å². The topological polar surface area (TPSA) is 80.7 Å². The maximum absolute atomic E-state index is 12.4. The van der Waals surface area contributed by atoms with E-state index in [-0.39, 0.29) is 40.4 Å². The van der Waals surface area contributed by atoms with Crippen molar-refractivity contribution >= 4 is 45.7 Å². The van der Waals surface area contributed by atoms with Gasteiger partial charge in [0, 0.05) is 11.8 Å². The van der Waals surface area contributed by atoms with Gasteiger partial charge in [-0.1, -0.05) is 25.5 Å². The summed E-state index contributed by atoms with van der Waals surface area (Å²) in [4.78, 5) is 12.4. The van der Waals surface area contributed by atoms with Crippen molar-refractivity contribution in [1.29, 1.82) is 0 Å². The van der Waals surface area contributed by atoms with Crippen LogP contribution in [-0.2, 0) is 19.4 Å². The molecule has 4 rings (SSSR count). The second-order valence-corrected chi connectivity index (χ2v) is 10.1. The number of carbonyl (C=O) groups excluding carboxylic acids is 1. The Morgan fingerprint density at radius 3 is 2.46 bits per heavy atom. The molecular formula is C19H29NaO5S. The average Bonchev–Trinajstić information content (AvgIpc) is 2.82. The van der Waals surface area contributed by atoms with E-state index in [4.69, 9.17) is 8.74 Å². The van der Waals surface area contributed by atoms with Gasteiger partial charge in [0.1, 0.15) is 5.78 Å². The van der Waals surface area contributed by atoms with Crippen molar-refractivity contribution in [1.82, 2.24) is 0 Å². The van der Waals surface area contributed by atoms with Gasteiger partial charge in [-0.25, -0.2) is 4.18 Å². The summed E-state index contributed by atoms with van der Waals surface area (Å²) in [6.07, 6.45) is 8.79. The summed E-state index contributed by atoms with van der Waals surface area (Å²) in [5.41, 5.74) is 1.25. The normalized spacial score (nSPS) is 45.0. The van der Waals surface area contributed by atoms with E-state index in [1.807, 2.05) is 0 Å². The van der Waals surface area contributed by atoms with Crippen molar-refractivity contribution in [3.8, 4) is 0 Å². The predicted octanol–water partition coefficient (Wildman–Crippen LogP) is 3.06. The molecule has 142 valence electrons. The number of rotatable bonds is 2. The molecule has 0 aromatic rings. The Bertz CT molecular complexity index is 732. The van der Waals surface area contributed by atoms with E-state index >= 15 is 0 Å². The van der Waals surface area contributed by atoms with E-state index in [1.54, 1.807) is 0 Å². The number of hydrogen-bond acceptors (Lipinski definition) is 4. The minimum absolute atomic E-state index is 0. The van der Waals surface area contributed by atoms with E-state index in [1.165, 1.54) is 5.57 Å². The van der Waals surface area contributed by atoms with Gasteiger partial charge in [0.15, 0.2) is 0 Å². The Labute approximate surface area is 178 Å². The van der Waals surface area contributed by atoms with E-state index < -0.39 is 16.5 Å². The summed E-state index contributed by atoms with van der Waals surface area (Å²) in [5.74, 6) is 2.10. The first-order chi connectivity index (χ1) is 11.6. The van der Waals surface area contributed by atoms with Gasteiger partial charge in [0.25, 0.3) is 0 Å². The number of ketones is 1. The van der Waals surface area contributed by atoms with Crippen molar-refractivity contribution in [3.63, 3.8) is 0 Å². The van der Waals surface area contributed by atoms with Crippen molar-refractivity contribution in [2.45, 2.75) is 71.3 Å². The van der Waals surface area contributed by atoms with Crippen LogP contribution in [0.15, 0.2) is 11.6 Å². The molecule has 0 aromatic heterocycles. The van der Waals surface area contributed by atoms with Gasteiger partial charge in [-0.3, -0.25) is 9.35 Å². The zero-order chi connectivity index (χ0) is 18.0. The van der Waals surface area contributed by atoms with Crippen molar-refractivity contribution < 1.29 is 21.9 Å². The molecule has 26 heavy (non-hydrogen) atoms. The van der Waals surface area contributed by atoms with E-state index in [0.29, 0.717) is 36.4 Å². The first kappa shape index (κ1) is 21.0. The molecule has 3 fully saturated rings. The fourth-order valence-corrected chi connectivity index (χ4v) is 7.16. The number of allylic oxidation sites excluding steroid dienone is 1. The molecule has 0 aliphatic heterocycles. The van der Waals surface area contributed by atoms with Gasteiger partial charge in [0.2, 0.25) is 0 Å². The third-order valence-electron chi connectivity index (χ3n) is 8.03. The average molecular weight is 392 g/mol. The van der Waals surface area contributed by atoms with Gasteiger partial charge in [-0.2, -0.15) is 8.42 Å². The molecule has 0 heterocycles. The summed E-state index contributed by atoms with van der Waals surface area (Å²) in [5, 5.41) is 0. The molecule has 3 saturated carbocycles. The molecule has 0 amide bonds. The molecule has 4 aliphatic carbocycles. The first-order valence-corrected chi connectivity index (χ1v) is 10.9. The second-order valence-electron chi connectivity index (χ2n) is 9.07. The number of hydrogen-bond donors (Lipinski definition) is 1. The molecule has 0 unspecified atom stereocenters. The van der Waals surface area contributed by atoms with Crippen LogP contribution in [0.4, 0.5) is 0 Å². The summed E-state index contributed by atoms with van der Waals surface area (Å²) in [6, 6.07) is 0. The summed E-state index contributed by atoms with van der Waals surface area (Å²) < 4.78 is 35.9. The van der Waals surface area contributed by atoms with Gasteiger partial charge >= 0.3 is 40.0 Å². The van der Waals surface area contributed by atoms with Crippen LogP contribution in [-0.4, -0.2) is 54.4 Å². The number of fused-ring (bicyclic) bond motifs is 5. The van der Waals surface area contributed by atoms with Crippen LogP contribution in [0.3, 0.4) is 0 Å². The van der Waals surface area contributed by atoms with Crippen LogP contribution in [0.2, 0.25) is 0 Å². The van der Waals surface area contributed by atoms with Crippen molar-refractivity contribution in [2.24, 2.45) is 28.6 Å². The van der Waals surface area contributed by atoms with E-state index in [9.17, 15) is 13.2 Å². The van der Waals surface area contributed by atoms with Gasteiger partial charge in [-0.15, -0.1) is 0 Å². The third kappa shape index (κ3) is 3.29. The Hall–Kier alpha value is 0.280. The maximum atomic E-state index is 12.4. The standard InChI is InChI=1S/C19H28O5S.Na.H/c1-18-9-7-13(24-25(21,22)23)11-12(18)3-4-14-15-5-6-17(20)19(15,2)10-8-16(14)18;;/h3,13-16H,4-11H2,1-2H3,(H,21,22,23);;/t13-,14-,15-,16-,18-,19-;;/m0../s1. The summed E-state index contributed by atoms with van der Waals surface area (Å²) in [6.45, 7) is 4.50. The van der Waals surface area contributed by atoms with Crippen molar-refractivity contribution in [3.05, 3.63) is 11.6 Å². The zero-order valence-electron chi connectivity index (χ0n) is 15.0. The molecule has 6 atom stereocenters. The molecule has 4 aliphatic rings. The van der Waals surface area contributed by atoms with Crippen LogP contribution >= 0.6 is 0 Å². The van der Waals surface area contributed by atoms with Gasteiger partial charge < -0.3 is 0 Å². The Morgan fingerprint density at radius 2 is 1.77 bits per heavy atom. The van der Waals surface area contributed by atoms with Crippen LogP contribution in [0.5, 0.6) is 0 Å². The molecule has 0 spiro atoms. The Balaban J connectivity index is 0.00000196.